The van der Waals surface area contributed by atoms with Crippen LogP contribution in [0.1, 0.15) is 47.5 Å². The van der Waals surface area contributed by atoms with Crippen LogP contribution < -0.4 is 5.32 Å². The predicted octanol–water partition coefficient (Wildman–Crippen LogP) is 4.70. The number of hydrogen-bond donors (Lipinski definition) is 1. The molecule has 0 spiro atoms. The van der Waals surface area contributed by atoms with Gasteiger partial charge < -0.3 is 5.32 Å². The molecular formula is C19H19ClN2O3. The standard InChI is InChI=1S/C19H19ClN2O3/c20-15-8-11-17(18(12-15)22(24)25)19(23)21-16-9-6-14(7-10-16)13-4-2-1-3-5-13/h1-5,8,11-12,14,16H,6-7,9-10H2,(H,21,23). The number of carbonyl (C=O) groups is 1. The number of carbonyl (C=O) groups excluding carboxylic acids is 1. The van der Waals surface area contributed by atoms with Crippen molar-refractivity contribution in [1.29, 1.82) is 0 Å². The molecule has 0 atom stereocenters. The van der Waals surface area contributed by atoms with Crippen LogP contribution >= 0.6 is 11.6 Å². The molecule has 0 bridgehead atoms. The van der Waals surface area contributed by atoms with Crippen LogP contribution in [0.5, 0.6) is 0 Å². The average Bonchev–Trinajstić information content (AvgIpc) is 2.63. The van der Waals surface area contributed by atoms with E-state index in [1.54, 1.807) is 0 Å². The second-order valence-electron chi connectivity index (χ2n) is 6.35. The molecule has 0 aromatic heterocycles. The topological polar surface area (TPSA) is 72.2 Å². The maximum atomic E-state index is 12.4. The highest BCUT2D eigenvalue weighted by Crippen LogP contribution is 2.33. The van der Waals surface area contributed by atoms with E-state index in [9.17, 15) is 14.9 Å². The Bertz CT molecular complexity index is 771. The summed E-state index contributed by atoms with van der Waals surface area (Å²) in [7, 11) is 0. The molecule has 25 heavy (non-hydrogen) atoms. The Hall–Kier alpha value is -2.40. The van der Waals surface area contributed by atoms with Crippen LogP contribution in [0.3, 0.4) is 0 Å². The van der Waals surface area contributed by atoms with Crippen molar-refractivity contribution in [1.82, 2.24) is 5.32 Å². The fourth-order valence-electron chi connectivity index (χ4n) is 3.41. The van der Waals surface area contributed by atoms with Crippen molar-refractivity contribution in [3.8, 4) is 0 Å². The molecule has 130 valence electrons. The zero-order chi connectivity index (χ0) is 17.8. The van der Waals surface area contributed by atoms with Gasteiger partial charge in [0, 0.05) is 17.1 Å². The molecule has 2 aromatic rings. The summed E-state index contributed by atoms with van der Waals surface area (Å²) in [6.45, 7) is 0. The Balaban J connectivity index is 1.63. The number of halogens is 1. The van der Waals surface area contributed by atoms with E-state index in [1.807, 2.05) is 18.2 Å². The van der Waals surface area contributed by atoms with Gasteiger partial charge >= 0.3 is 0 Å². The number of hydrogen-bond acceptors (Lipinski definition) is 3. The smallest absolute Gasteiger partial charge is 0.283 e. The van der Waals surface area contributed by atoms with Crippen LogP contribution in [0.2, 0.25) is 5.02 Å². The summed E-state index contributed by atoms with van der Waals surface area (Å²) < 4.78 is 0. The lowest BCUT2D eigenvalue weighted by Gasteiger charge is -2.29. The van der Waals surface area contributed by atoms with Crippen LogP contribution in [0.15, 0.2) is 48.5 Å². The molecule has 5 nitrogen and oxygen atoms in total. The van der Waals surface area contributed by atoms with Gasteiger partial charge in [-0.25, -0.2) is 0 Å². The molecule has 3 rings (SSSR count). The van der Waals surface area contributed by atoms with Crippen molar-refractivity contribution in [2.24, 2.45) is 0 Å². The molecule has 1 N–H and O–H groups in total. The molecule has 1 fully saturated rings. The minimum Gasteiger partial charge on any atom is -0.349 e. The van der Waals surface area contributed by atoms with Gasteiger partial charge in [-0.2, -0.15) is 0 Å². The SMILES string of the molecule is O=C(NC1CCC(c2ccccc2)CC1)c1ccc(Cl)cc1[N+](=O)[O-]. The minimum absolute atomic E-state index is 0.0442. The number of nitrogens with zero attached hydrogens (tertiary/aromatic N) is 1. The quantitative estimate of drug-likeness (QED) is 0.635. The first kappa shape index (κ1) is 17.4. The Morgan fingerprint density at radius 2 is 1.76 bits per heavy atom. The third-order valence-corrected chi connectivity index (χ3v) is 4.97. The summed E-state index contributed by atoms with van der Waals surface area (Å²) in [4.78, 5) is 23.0. The molecule has 1 amide bonds. The summed E-state index contributed by atoms with van der Waals surface area (Å²) in [5, 5.41) is 14.3. The number of nitrogens with one attached hydrogen (secondary N) is 1. The highest BCUT2D eigenvalue weighted by molar-refractivity contribution is 6.31. The van der Waals surface area contributed by atoms with E-state index in [0.29, 0.717) is 5.92 Å². The second-order valence-corrected chi connectivity index (χ2v) is 6.79. The highest BCUT2D eigenvalue weighted by Gasteiger charge is 2.26. The molecule has 1 aliphatic carbocycles. The third-order valence-electron chi connectivity index (χ3n) is 4.73. The first-order valence-corrected chi connectivity index (χ1v) is 8.72. The molecular weight excluding hydrogens is 340 g/mol. The van der Waals surface area contributed by atoms with E-state index in [-0.39, 0.29) is 22.3 Å². The Kier molecular flexibility index (Phi) is 5.34. The van der Waals surface area contributed by atoms with Crippen molar-refractivity contribution < 1.29 is 9.72 Å². The van der Waals surface area contributed by atoms with Gasteiger partial charge in [0.05, 0.1) is 4.92 Å². The Morgan fingerprint density at radius 1 is 1.08 bits per heavy atom. The number of benzene rings is 2. The molecule has 0 radical (unpaired) electrons. The Morgan fingerprint density at radius 3 is 2.40 bits per heavy atom. The van der Waals surface area contributed by atoms with Crippen LogP contribution in [-0.2, 0) is 0 Å². The van der Waals surface area contributed by atoms with Crippen molar-refractivity contribution in [3.63, 3.8) is 0 Å². The van der Waals surface area contributed by atoms with Gasteiger partial charge in [0.2, 0.25) is 0 Å². The molecule has 2 aromatic carbocycles. The molecule has 0 unspecified atom stereocenters. The monoisotopic (exact) mass is 358 g/mol. The third kappa shape index (κ3) is 4.17. The number of nitro groups is 1. The van der Waals surface area contributed by atoms with E-state index in [0.717, 1.165) is 25.7 Å². The van der Waals surface area contributed by atoms with Crippen molar-refractivity contribution in [3.05, 3.63) is 74.8 Å². The van der Waals surface area contributed by atoms with Gasteiger partial charge in [0.15, 0.2) is 0 Å². The molecule has 1 aliphatic rings. The molecule has 1 saturated carbocycles. The van der Waals surface area contributed by atoms with Crippen molar-refractivity contribution in [2.75, 3.05) is 0 Å². The van der Waals surface area contributed by atoms with E-state index in [1.165, 1.54) is 23.8 Å². The zero-order valence-electron chi connectivity index (χ0n) is 13.7. The van der Waals surface area contributed by atoms with Gasteiger partial charge in [-0.05, 0) is 49.3 Å². The summed E-state index contributed by atoms with van der Waals surface area (Å²) >= 11 is 5.80. The summed E-state index contributed by atoms with van der Waals surface area (Å²) in [5.41, 5.74) is 1.13. The molecule has 0 saturated heterocycles. The summed E-state index contributed by atoms with van der Waals surface area (Å²) in [6.07, 6.45) is 3.73. The maximum Gasteiger partial charge on any atom is 0.283 e. The Labute approximate surface area is 151 Å². The molecule has 0 aliphatic heterocycles. The lowest BCUT2D eigenvalue weighted by atomic mass is 9.81. The predicted molar refractivity (Wildman–Crippen MR) is 97.0 cm³/mol. The first-order chi connectivity index (χ1) is 12.0. The van der Waals surface area contributed by atoms with Gasteiger partial charge in [-0.15, -0.1) is 0 Å². The largest absolute Gasteiger partial charge is 0.349 e. The number of amides is 1. The van der Waals surface area contributed by atoms with E-state index >= 15 is 0 Å². The first-order valence-electron chi connectivity index (χ1n) is 8.34. The normalized spacial score (nSPS) is 20.0. The van der Waals surface area contributed by atoms with Gasteiger partial charge in [0.25, 0.3) is 11.6 Å². The van der Waals surface area contributed by atoms with Crippen LogP contribution in [0, 0.1) is 10.1 Å². The van der Waals surface area contributed by atoms with Gasteiger partial charge in [-0.1, -0.05) is 41.9 Å². The minimum atomic E-state index is -0.576. The fourth-order valence-corrected chi connectivity index (χ4v) is 3.57. The van der Waals surface area contributed by atoms with Crippen molar-refractivity contribution >= 4 is 23.2 Å². The molecule has 6 heteroatoms. The van der Waals surface area contributed by atoms with E-state index < -0.39 is 10.8 Å². The number of rotatable bonds is 4. The zero-order valence-corrected chi connectivity index (χ0v) is 14.4. The van der Waals surface area contributed by atoms with Gasteiger partial charge in [0.1, 0.15) is 5.56 Å². The van der Waals surface area contributed by atoms with E-state index in [2.05, 4.69) is 17.4 Å². The van der Waals surface area contributed by atoms with E-state index in [4.69, 9.17) is 11.6 Å². The lowest BCUT2D eigenvalue weighted by Crippen LogP contribution is -2.37. The average molecular weight is 359 g/mol. The highest BCUT2D eigenvalue weighted by atomic mass is 35.5. The maximum absolute atomic E-state index is 12.4. The second kappa shape index (κ2) is 7.66. The van der Waals surface area contributed by atoms with Crippen LogP contribution in [0.4, 0.5) is 5.69 Å². The van der Waals surface area contributed by atoms with Crippen LogP contribution in [0.25, 0.3) is 0 Å². The van der Waals surface area contributed by atoms with Crippen molar-refractivity contribution in [2.45, 2.75) is 37.6 Å². The summed E-state index contributed by atoms with van der Waals surface area (Å²) in [5.74, 6) is 0.103. The van der Waals surface area contributed by atoms with Crippen LogP contribution in [-0.4, -0.2) is 16.9 Å². The van der Waals surface area contributed by atoms with Gasteiger partial charge in [-0.3, -0.25) is 14.9 Å². The fraction of sp³-hybridized carbons (Fsp3) is 0.316. The number of nitro benzene ring substituents is 1. The summed E-state index contributed by atoms with van der Waals surface area (Å²) in [6, 6.07) is 14.5. The lowest BCUT2D eigenvalue weighted by molar-refractivity contribution is -0.385. The molecule has 0 heterocycles.